The van der Waals surface area contributed by atoms with Crippen LogP contribution in [-0.4, -0.2) is 61.1 Å². The average molecular weight is 468 g/mol. The van der Waals surface area contributed by atoms with Crippen LogP contribution in [0.3, 0.4) is 0 Å². The zero-order chi connectivity index (χ0) is 17.6. The van der Waals surface area contributed by atoms with Crippen molar-refractivity contribution in [3.8, 4) is 0 Å². The molecule has 1 atom stereocenters. The topological polar surface area (TPSA) is 30.9 Å². The molecular weight excluding hydrogens is 435 g/mol. The van der Waals surface area contributed by atoms with Crippen LogP contribution in [0.5, 0.6) is 0 Å². The summed E-state index contributed by atoms with van der Waals surface area (Å²) in [4.78, 5) is 9.92. The largest absolute Gasteiger partial charge is 0.357 e. The highest BCUT2D eigenvalue weighted by atomic mass is 127. The van der Waals surface area contributed by atoms with Gasteiger partial charge in [-0.15, -0.1) is 24.0 Å². The lowest BCUT2D eigenvalue weighted by Gasteiger charge is -2.25. The van der Waals surface area contributed by atoms with E-state index < -0.39 is 0 Å². The number of hydrogen-bond donors (Lipinski definition) is 1. The summed E-state index contributed by atoms with van der Waals surface area (Å²) in [5.41, 5.74) is 4.07. The molecule has 1 unspecified atom stereocenters. The van der Waals surface area contributed by atoms with Crippen LogP contribution in [0.4, 0.5) is 0 Å². The van der Waals surface area contributed by atoms with E-state index >= 15 is 0 Å². The normalized spacial score (nSPS) is 20.5. The standard InChI is InChI=1S/C21H32N4.HI/c1-4-22-21(23-9-7-19-14-17(2)13-18(3)15-19)25-12-8-20(16-25)24-10-5-6-11-24;/h5-6,13-15,20H,4,7-12,16H2,1-3H3,(H,22,23);1H. The first kappa shape index (κ1) is 21.2. The second-order valence-corrected chi connectivity index (χ2v) is 7.30. The fourth-order valence-electron chi connectivity index (χ4n) is 3.95. The second kappa shape index (κ2) is 10.3. The number of rotatable bonds is 5. The third-order valence-corrected chi connectivity index (χ3v) is 5.10. The van der Waals surface area contributed by atoms with Crippen molar-refractivity contribution < 1.29 is 0 Å². The van der Waals surface area contributed by atoms with E-state index in [1.807, 2.05) is 0 Å². The molecule has 1 aromatic carbocycles. The first-order chi connectivity index (χ1) is 12.2. The Kier molecular flexibility index (Phi) is 8.41. The van der Waals surface area contributed by atoms with E-state index in [4.69, 9.17) is 4.99 Å². The summed E-state index contributed by atoms with van der Waals surface area (Å²) in [7, 11) is 0. The van der Waals surface area contributed by atoms with Crippen LogP contribution in [0.25, 0.3) is 0 Å². The predicted octanol–water partition coefficient (Wildman–Crippen LogP) is 3.38. The van der Waals surface area contributed by atoms with Crippen molar-refractivity contribution in [2.45, 2.75) is 39.7 Å². The van der Waals surface area contributed by atoms with Gasteiger partial charge in [0.05, 0.1) is 0 Å². The summed E-state index contributed by atoms with van der Waals surface area (Å²) in [6, 6.07) is 7.45. The van der Waals surface area contributed by atoms with Gasteiger partial charge < -0.3 is 10.2 Å². The van der Waals surface area contributed by atoms with Crippen molar-refractivity contribution in [1.29, 1.82) is 0 Å². The van der Waals surface area contributed by atoms with Gasteiger partial charge in [0.25, 0.3) is 0 Å². The highest BCUT2D eigenvalue weighted by Crippen LogP contribution is 2.18. The van der Waals surface area contributed by atoms with Crippen LogP contribution in [0, 0.1) is 13.8 Å². The molecule has 0 saturated carbocycles. The molecule has 1 saturated heterocycles. The predicted molar refractivity (Wildman–Crippen MR) is 122 cm³/mol. The lowest BCUT2D eigenvalue weighted by molar-refractivity contribution is 0.259. The van der Waals surface area contributed by atoms with Crippen LogP contribution < -0.4 is 5.32 Å². The number of benzene rings is 1. The Morgan fingerprint density at radius 2 is 1.85 bits per heavy atom. The van der Waals surface area contributed by atoms with Gasteiger partial charge in [-0.3, -0.25) is 9.89 Å². The summed E-state index contributed by atoms with van der Waals surface area (Å²) in [5, 5.41) is 3.49. The van der Waals surface area contributed by atoms with Gasteiger partial charge in [0.1, 0.15) is 0 Å². The van der Waals surface area contributed by atoms with Crippen molar-refractivity contribution in [3.05, 3.63) is 47.0 Å². The van der Waals surface area contributed by atoms with E-state index in [9.17, 15) is 0 Å². The van der Waals surface area contributed by atoms with Crippen molar-refractivity contribution in [3.63, 3.8) is 0 Å². The lowest BCUT2D eigenvalue weighted by Crippen LogP contribution is -2.43. The SMILES string of the molecule is CCNC(=NCCc1cc(C)cc(C)c1)N1CCC(N2CC=CC2)C1.I. The molecule has 3 rings (SSSR count). The monoisotopic (exact) mass is 468 g/mol. The summed E-state index contributed by atoms with van der Waals surface area (Å²) in [6.45, 7) is 12.7. The van der Waals surface area contributed by atoms with Crippen molar-refractivity contribution in [2.24, 2.45) is 4.99 Å². The van der Waals surface area contributed by atoms with Gasteiger partial charge in [0.15, 0.2) is 5.96 Å². The van der Waals surface area contributed by atoms with Crippen LogP contribution >= 0.6 is 24.0 Å². The molecule has 2 aliphatic heterocycles. The molecule has 4 nitrogen and oxygen atoms in total. The molecule has 2 aliphatic rings. The highest BCUT2D eigenvalue weighted by Gasteiger charge is 2.29. The minimum Gasteiger partial charge on any atom is -0.357 e. The van der Waals surface area contributed by atoms with Gasteiger partial charge >= 0.3 is 0 Å². The fourth-order valence-corrected chi connectivity index (χ4v) is 3.95. The second-order valence-electron chi connectivity index (χ2n) is 7.30. The van der Waals surface area contributed by atoms with Crippen LogP contribution in [0.1, 0.15) is 30.0 Å². The molecule has 0 aliphatic carbocycles. The molecule has 0 amide bonds. The number of likely N-dealkylation sites (tertiary alicyclic amines) is 1. The first-order valence-electron chi connectivity index (χ1n) is 9.65. The molecule has 26 heavy (non-hydrogen) atoms. The third kappa shape index (κ3) is 5.71. The smallest absolute Gasteiger partial charge is 0.193 e. The molecule has 1 aromatic rings. The van der Waals surface area contributed by atoms with E-state index in [0.717, 1.165) is 51.6 Å². The number of aryl methyl sites for hydroxylation is 2. The summed E-state index contributed by atoms with van der Waals surface area (Å²) in [5.74, 6) is 1.08. The molecule has 5 heteroatoms. The van der Waals surface area contributed by atoms with E-state index in [0.29, 0.717) is 6.04 Å². The molecule has 144 valence electrons. The minimum atomic E-state index is 0. The Morgan fingerprint density at radius 3 is 2.50 bits per heavy atom. The zero-order valence-electron chi connectivity index (χ0n) is 16.4. The summed E-state index contributed by atoms with van der Waals surface area (Å²) in [6.07, 6.45) is 6.81. The Labute approximate surface area is 175 Å². The van der Waals surface area contributed by atoms with Crippen molar-refractivity contribution in [1.82, 2.24) is 15.1 Å². The number of nitrogens with zero attached hydrogens (tertiary/aromatic N) is 3. The molecule has 0 aromatic heterocycles. The fraction of sp³-hybridized carbons (Fsp3) is 0.571. The molecule has 0 bridgehead atoms. The summed E-state index contributed by atoms with van der Waals surface area (Å²) < 4.78 is 0. The minimum absolute atomic E-state index is 0. The number of guanidine groups is 1. The van der Waals surface area contributed by atoms with Crippen LogP contribution in [0.15, 0.2) is 35.3 Å². The van der Waals surface area contributed by atoms with Crippen LogP contribution in [0.2, 0.25) is 0 Å². The van der Waals surface area contributed by atoms with E-state index in [1.165, 1.54) is 23.1 Å². The number of aliphatic imine (C=N–C) groups is 1. The number of halogens is 1. The maximum atomic E-state index is 4.91. The molecule has 1 N–H and O–H groups in total. The Hall–Kier alpha value is -1.08. The molecule has 0 spiro atoms. The van der Waals surface area contributed by atoms with Crippen LogP contribution in [-0.2, 0) is 6.42 Å². The van der Waals surface area contributed by atoms with Crippen molar-refractivity contribution >= 4 is 29.9 Å². The van der Waals surface area contributed by atoms with Gasteiger partial charge in [0, 0.05) is 45.3 Å². The Morgan fingerprint density at radius 1 is 1.15 bits per heavy atom. The molecular formula is C21H33IN4. The molecule has 1 fully saturated rings. The maximum Gasteiger partial charge on any atom is 0.193 e. The van der Waals surface area contributed by atoms with Gasteiger partial charge in [-0.05, 0) is 39.2 Å². The average Bonchev–Trinajstić information content (AvgIpc) is 3.24. The van der Waals surface area contributed by atoms with E-state index in [2.05, 4.69) is 66.2 Å². The van der Waals surface area contributed by atoms with Gasteiger partial charge in [-0.2, -0.15) is 0 Å². The third-order valence-electron chi connectivity index (χ3n) is 5.10. The summed E-state index contributed by atoms with van der Waals surface area (Å²) >= 11 is 0. The Balaban J connectivity index is 0.00000243. The Bertz CT molecular complexity index is 613. The molecule has 2 heterocycles. The highest BCUT2D eigenvalue weighted by molar-refractivity contribution is 14.0. The van der Waals surface area contributed by atoms with Gasteiger partial charge in [0.2, 0.25) is 0 Å². The first-order valence-corrected chi connectivity index (χ1v) is 9.65. The van der Waals surface area contributed by atoms with E-state index in [-0.39, 0.29) is 24.0 Å². The number of hydrogen-bond acceptors (Lipinski definition) is 2. The molecule has 0 radical (unpaired) electrons. The number of nitrogens with one attached hydrogen (secondary N) is 1. The van der Waals surface area contributed by atoms with Gasteiger partial charge in [-0.25, -0.2) is 0 Å². The quantitative estimate of drug-likeness (QED) is 0.311. The zero-order valence-corrected chi connectivity index (χ0v) is 18.7. The van der Waals surface area contributed by atoms with Gasteiger partial charge in [-0.1, -0.05) is 41.5 Å². The van der Waals surface area contributed by atoms with E-state index in [1.54, 1.807) is 0 Å². The van der Waals surface area contributed by atoms with Crippen molar-refractivity contribution in [2.75, 3.05) is 39.3 Å². The lowest BCUT2D eigenvalue weighted by atomic mass is 10.1. The maximum absolute atomic E-state index is 4.91.